The van der Waals surface area contributed by atoms with Crippen LogP contribution in [0.3, 0.4) is 0 Å². The number of esters is 1. The fourth-order valence-corrected chi connectivity index (χ4v) is 2.43. The molecule has 0 aliphatic carbocycles. The molecule has 0 spiro atoms. The lowest BCUT2D eigenvalue weighted by Crippen LogP contribution is -2.19. The Balaban J connectivity index is 2.00. The molecule has 1 aliphatic rings. The van der Waals surface area contributed by atoms with E-state index in [1.165, 1.54) is 12.7 Å². The van der Waals surface area contributed by atoms with Crippen LogP contribution in [-0.4, -0.2) is 32.3 Å². The highest BCUT2D eigenvalue weighted by Gasteiger charge is 2.21. The molecule has 2 rings (SSSR count). The van der Waals surface area contributed by atoms with Crippen LogP contribution in [0, 0.1) is 0 Å². The van der Waals surface area contributed by atoms with Crippen molar-refractivity contribution in [2.45, 2.75) is 39.3 Å². The summed E-state index contributed by atoms with van der Waals surface area (Å²) in [5, 5.41) is 3.23. The van der Waals surface area contributed by atoms with Crippen molar-refractivity contribution in [3.63, 3.8) is 0 Å². The van der Waals surface area contributed by atoms with Crippen LogP contribution in [0.1, 0.15) is 31.4 Å². The van der Waals surface area contributed by atoms with E-state index >= 15 is 0 Å². The second-order valence-electron chi connectivity index (χ2n) is 5.14. The molecular weight excluding hydrogens is 270 g/mol. The fourth-order valence-electron chi connectivity index (χ4n) is 2.43. The van der Waals surface area contributed by atoms with Gasteiger partial charge in [0.25, 0.3) is 0 Å². The van der Waals surface area contributed by atoms with Gasteiger partial charge in [0.15, 0.2) is 0 Å². The Kier molecular flexibility index (Phi) is 5.44. The molecule has 1 N–H and O–H groups in total. The van der Waals surface area contributed by atoms with E-state index in [1.807, 2.05) is 13.0 Å². The van der Waals surface area contributed by atoms with E-state index < -0.39 is 0 Å². The quantitative estimate of drug-likeness (QED) is 0.616. The second-order valence-corrected chi connectivity index (χ2v) is 5.14. The number of hydrogen-bond acceptors (Lipinski definition) is 5. The number of fused-ring (bicyclic) bond motifs is 1. The van der Waals surface area contributed by atoms with Gasteiger partial charge in [0.2, 0.25) is 0 Å². The summed E-state index contributed by atoms with van der Waals surface area (Å²) >= 11 is 0. The minimum Gasteiger partial charge on any atom is -0.494 e. The van der Waals surface area contributed by atoms with Crippen molar-refractivity contribution in [3.8, 4) is 11.5 Å². The summed E-state index contributed by atoms with van der Waals surface area (Å²) in [6.07, 6.45) is 1.50. The first kappa shape index (κ1) is 15.6. The highest BCUT2D eigenvalue weighted by atomic mass is 16.5. The molecule has 0 fully saturated rings. The third-order valence-electron chi connectivity index (χ3n) is 3.43. The zero-order valence-electron chi connectivity index (χ0n) is 12.9. The Labute approximate surface area is 125 Å². The minimum absolute atomic E-state index is 0.210. The van der Waals surface area contributed by atoms with Gasteiger partial charge in [-0.3, -0.25) is 4.79 Å². The Bertz CT molecular complexity index is 501. The van der Waals surface area contributed by atoms with E-state index in [0.29, 0.717) is 26.1 Å². The van der Waals surface area contributed by atoms with E-state index in [-0.39, 0.29) is 12.1 Å². The van der Waals surface area contributed by atoms with Crippen molar-refractivity contribution >= 4 is 5.97 Å². The molecule has 1 aromatic rings. The van der Waals surface area contributed by atoms with E-state index in [9.17, 15) is 4.79 Å². The maximum Gasteiger partial charge on any atom is 0.306 e. The fraction of sp³-hybridized carbons (Fsp3) is 0.562. The molecule has 1 unspecified atom stereocenters. The Morgan fingerprint density at radius 1 is 1.48 bits per heavy atom. The third kappa shape index (κ3) is 4.11. The Hall–Kier alpha value is -1.75. The first-order valence-electron chi connectivity index (χ1n) is 7.36. The van der Waals surface area contributed by atoms with Crippen LogP contribution in [-0.2, 0) is 22.5 Å². The molecule has 0 radical (unpaired) electrons. The summed E-state index contributed by atoms with van der Waals surface area (Å²) in [4.78, 5) is 11.1. The van der Waals surface area contributed by atoms with Crippen LogP contribution >= 0.6 is 0 Å². The van der Waals surface area contributed by atoms with Crippen molar-refractivity contribution in [1.82, 2.24) is 5.32 Å². The number of ether oxygens (including phenoxy) is 3. The summed E-state index contributed by atoms with van der Waals surface area (Å²) < 4.78 is 16.1. The van der Waals surface area contributed by atoms with Crippen LogP contribution < -0.4 is 14.8 Å². The van der Waals surface area contributed by atoms with Gasteiger partial charge in [-0.2, -0.15) is 0 Å². The van der Waals surface area contributed by atoms with Gasteiger partial charge in [-0.1, -0.05) is 0 Å². The van der Waals surface area contributed by atoms with Gasteiger partial charge in [-0.05, 0) is 26.0 Å². The van der Waals surface area contributed by atoms with Gasteiger partial charge in [-0.15, -0.1) is 0 Å². The Morgan fingerprint density at radius 2 is 2.29 bits per heavy atom. The topological polar surface area (TPSA) is 56.8 Å². The summed E-state index contributed by atoms with van der Waals surface area (Å²) in [7, 11) is 1.40. The first-order chi connectivity index (χ1) is 10.1. The second kappa shape index (κ2) is 7.31. The lowest BCUT2D eigenvalue weighted by Gasteiger charge is -2.13. The van der Waals surface area contributed by atoms with Gasteiger partial charge in [0, 0.05) is 30.6 Å². The largest absolute Gasteiger partial charge is 0.494 e. The molecular formula is C16H23NO4. The molecule has 0 amide bonds. The molecule has 1 heterocycles. The average molecular weight is 293 g/mol. The van der Waals surface area contributed by atoms with Crippen LogP contribution in [0.15, 0.2) is 12.1 Å². The summed E-state index contributed by atoms with van der Waals surface area (Å²) in [5.74, 6) is 1.62. The molecule has 21 heavy (non-hydrogen) atoms. The molecule has 1 aromatic carbocycles. The molecule has 0 saturated heterocycles. The average Bonchev–Trinajstić information content (AvgIpc) is 2.82. The molecule has 116 valence electrons. The minimum atomic E-state index is -0.210. The predicted octanol–water partition coefficient (Wildman–Crippen LogP) is 2.06. The molecule has 5 nitrogen and oxygen atoms in total. The lowest BCUT2D eigenvalue weighted by molar-refractivity contribution is -0.140. The maximum absolute atomic E-state index is 11.1. The van der Waals surface area contributed by atoms with Crippen LogP contribution in [0.5, 0.6) is 11.5 Å². The van der Waals surface area contributed by atoms with Crippen molar-refractivity contribution in [2.24, 2.45) is 0 Å². The molecule has 1 atom stereocenters. The lowest BCUT2D eigenvalue weighted by atomic mass is 10.1. The van der Waals surface area contributed by atoms with Gasteiger partial charge in [-0.25, -0.2) is 0 Å². The predicted molar refractivity (Wildman–Crippen MR) is 79.7 cm³/mol. The number of carbonyl (C=O) groups is 1. The normalized spacial score (nSPS) is 16.2. The summed E-state index contributed by atoms with van der Waals surface area (Å²) in [5.41, 5.74) is 2.25. The highest BCUT2D eigenvalue weighted by molar-refractivity contribution is 5.69. The maximum atomic E-state index is 11.1. The van der Waals surface area contributed by atoms with Gasteiger partial charge < -0.3 is 19.5 Å². The summed E-state index contributed by atoms with van der Waals surface area (Å²) in [6, 6.07) is 4.11. The van der Waals surface area contributed by atoms with Gasteiger partial charge in [0.1, 0.15) is 17.6 Å². The molecule has 1 aliphatic heterocycles. The monoisotopic (exact) mass is 293 g/mol. The molecule has 0 saturated carbocycles. The number of rotatable bonds is 7. The van der Waals surface area contributed by atoms with Crippen molar-refractivity contribution in [1.29, 1.82) is 0 Å². The van der Waals surface area contributed by atoms with E-state index in [1.54, 1.807) is 0 Å². The van der Waals surface area contributed by atoms with Crippen LogP contribution in [0.25, 0.3) is 0 Å². The zero-order chi connectivity index (χ0) is 15.2. The van der Waals surface area contributed by atoms with Gasteiger partial charge in [0.05, 0.1) is 20.1 Å². The number of carbonyl (C=O) groups excluding carboxylic acids is 1. The number of benzene rings is 1. The zero-order valence-corrected chi connectivity index (χ0v) is 12.9. The summed E-state index contributed by atoms with van der Waals surface area (Å²) in [6.45, 7) is 5.88. The van der Waals surface area contributed by atoms with E-state index in [0.717, 1.165) is 23.5 Å². The van der Waals surface area contributed by atoms with E-state index in [2.05, 4.69) is 23.0 Å². The number of methoxy groups -OCH3 is 1. The van der Waals surface area contributed by atoms with Crippen molar-refractivity contribution < 1.29 is 19.0 Å². The number of hydrogen-bond donors (Lipinski definition) is 1. The Morgan fingerprint density at radius 3 is 3.00 bits per heavy atom. The molecule has 0 aromatic heterocycles. The van der Waals surface area contributed by atoms with Crippen molar-refractivity contribution in [3.05, 3.63) is 23.3 Å². The first-order valence-corrected chi connectivity index (χ1v) is 7.36. The molecule has 0 bridgehead atoms. The van der Waals surface area contributed by atoms with Crippen LogP contribution in [0.2, 0.25) is 0 Å². The van der Waals surface area contributed by atoms with Gasteiger partial charge >= 0.3 is 5.97 Å². The standard InChI is InChI=1S/C16H23NO4/c1-4-20-14-8-12-7-11(2)21-15(12)9-13(14)10-17-6-5-16(18)19-3/h8-9,11,17H,4-7,10H2,1-3H3. The van der Waals surface area contributed by atoms with Crippen LogP contribution in [0.4, 0.5) is 0 Å². The number of nitrogens with one attached hydrogen (secondary N) is 1. The van der Waals surface area contributed by atoms with E-state index in [4.69, 9.17) is 9.47 Å². The van der Waals surface area contributed by atoms with Crippen molar-refractivity contribution in [2.75, 3.05) is 20.3 Å². The molecule has 5 heteroatoms. The SMILES string of the molecule is CCOc1cc2c(cc1CNCCC(=O)OC)OC(C)C2. The third-order valence-corrected chi connectivity index (χ3v) is 3.43. The highest BCUT2D eigenvalue weighted by Crippen LogP contribution is 2.35. The smallest absolute Gasteiger partial charge is 0.306 e.